The molecule has 0 radical (unpaired) electrons. The van der Waals surface area contributed by atoms with Crippen LogP contribution in [0.1, 0.15) is 111 Å². The number of phenols is 2. The van der Waals surface area contributed by atoms with Gasteiger partial charge >= 0.3 is 0 Å². The standard InChI is InChI=1S/C23H31N3O2.C22H29N3O2/c1-3-5-6-7-11-18(10-4-2)17-28-19-14-15-22(23(27)16-19)26-24-20-12-8-9-13-21(20)25-26;1-3-5-6-7-10-17(4-2)16-27-18-13-14-21(22(26)15-18)25-23-19-11-8-9-12-20(19)24-25/h8-9,12-16,18,27H,3-7,10-11,17H2,1-2H3;8-9,11-15,17,26H,3-7,10,16H2,1-2H3. The van der Waals surface area contributed by atoms with Crippen molar-refractivity contribution in [1.29, 1.82) is 0 Å². The Hall–Kier alpha value is -5.12. The van der Waals surface area contributed by atoms with Crippen LogP contribution in [0.15, 0.2) is 84.9 Å². The number of rotatable bonds is 21. The van der Waals surface area contributed by atoms with Gasteiger partial charge in [-0.1, -0.05) is 116 Å². The fourth-order valence-corrected chi connectivity index (χ4v) is 6.73. The van der Waals surface area contributed by atoms with Gasteiger partial charge in [-0.15, -0.1) is 30.0 Å². The Morgan fingerprint density at radius 3 is 1.29 bits per heavy atom. The molecular formula is C45H60N6O4. The Labute approximate surface area is 326 Å². The van der Waals surface area contributed by atoms with Crippen LogP contribution in [0.25, 0.3) is 33.4 Å². The second-order valence-electron chi connectivity index (χ2n) is 14.5. The van der Waals surface area contributed by atoms with E-state index in [0.717, 1.165) is 28.5 Å². The van der Waals surface area contributed by atoms with Crippen LogP contribution in [0.3, 0.4) is 0 Å². The minimum atomic E-state index is 0.115. The van der Waals surface area contributed by atoms with E-state index in [9.17, 15) is 10.2 Å². The van der Waals surface area contributed by atoms with Gasteiger partial charge in [0, 0.05) is 12.1 Å². The normalized spacial score (nSPS) is 12.4. The van der Waals surface area contributed by atoms with Crippen molar-refractivity contribution in [2.45, 2.75) is 111 Å². The highest BCUT2D eigenvalue weighted by atomic mass is 16.5. The van der Waals surface area contributed by atoms with E-state index in [1.165, 1.54) is 86.6 Å². The molecule has 2 unspecified atom stereocenters. The molecule has 2 atom stereocenters. The Kier molecular flexibility index (Phi) is 16.2. The summed E-state index contributed by atoms with van der Waals surface area (Å²) in [5, 5.41) is 38.6. The molecule has 55 heavy (non-hydrogen) atoms. The lowest BCUT2D eigenvalue weighted by atomic mass is 9.97. The van der Waals surface area contributed by atoms with Crippen LogP contribution in [0.5, 0.6) is 23.0 Å². The third kappa shape index (κ3) is 12.2. The highest BCUT2D eigenvalue weighted by Gasteiger charge is 2.14. The molecule has 0 aliphatic rings. The van der Waals surface area contributed by atoms with Crippen molar-refractivity contribution in [2.24, 2.45) is 11.8 Å². The Morgan fingerprint density at radius 2 is 0.909 bits per heavy atom. The number of aromatic hydroxyl groups is 2. The van der Waals surface area contributed by atoms with E-state index >= 15 is 0 Å². The molecule has 0 saturated carbocycles. The Bertz CT molecular complexity index is 1960. The number of phenolic OH excluding ortho intramolecular Hbond substituents is 2. The van der Waals surface area contributed by atoms with E-state index in [0.29, 0.717) is 47.9 Å². The van der Waals surface area contributed by atoms with Gasteiger partial charge in [-0.25, -0.2) is 0 Å². The van der Waals surface area contributed by atoms with Crippen LogP contribution in [0.2, 0.25) is 0 Å². The van der Waals surface area contributed by atoms with Gasteiger partial charge in [0.25, 0.3) is 0 Å². The molecule has 0 spiro atoms. The van der Waals surface area contributed by atoms with Crippen LogP contribution in [0.4, 0.5) is 0 Å². The first-order chi connectivity index (χ1) is 26.9. The molecule has 2 N–H and O–H groups in total. The molecule has 4 aromatic carbocycles. The molecule has 0 aliphatic heterocycles. The zero-order valence-electron chi connectivity index (χ0n) is 33.2. The summed E-state index contributed by atoms with van der Waals surface area (Å²) in [5.41, 5.74) is 4.29. The molecule has 0 fully saturated rings. The summed E-state index contributed by atoms with van der Waals surface area (Å²) in [7, 11) is 0. The van der Waals surface area contributed by atoms with Gasteiger partial charge in [0.15, 0.2) is 0 Å². The highest BCUT2D eigenvalue weighted by molar-refractivity contribution is 5.74. The zero-order chi connectivity index (χ0) is 38.8. The maximum absolute atomic E-state index is 10.5. The summed E-state index contributed by atoms with van der Waals surface area (Å²) < 4.78 is 11.9. The lowest BCUT2D eigenvalue weighted by Crippen LogP contribution is -2.12. The monoisotopic (exact) mass is 748 g/mol. The topological polar surface area (TPSA) is 120 Å². The molecule has 2 heterocycles. The summed E-state index contributed by atoms with van der Waals surface area (Å²) in [4.78, 5) is 2.93. The second-order valence-corrected chi connectivity index (χ2v) is 14.5. The lowest BCUT2D eigenvalue weighted by molar-refractivity contribution is 0.226. The zero-order valence-corrected chi connectivity index (χ0v) is 33.2. The van der Waals surface area contributed by atoms with Crippen molar-refractivity contribution < 1.29 is 19.7 Å². The molecule has 2 aromatic heterocycles. The molecule has 0 amide bonds. The first-order valence-electron chi connectivity index (χ1n) is 20.5. The third-order valence-corrected chi connectivity index (χ3v) is 10.1. The van der Waals surface area contributed by atoms with E-state index < -0.39 is 0 Å². The molecule has 0 aliphatic carbocycles. The number of aromatic nitrogens is 6. The Balaban J connectivity index is 0.000000211. The van der Waals surface area contributed by atoms with Gasteiger partial charge in [-0.3, -0.25) is 0 Å². The minimum Gasteiger partial charge on any atom is -0.505 e. The summed E-state index contributed by atoms with van der Waals surface area (Å²) in [5.74, 6) is 2.73. The molecular weight excluding hydrogens is 689 g/mol. The first kappa shape index (κ1) is 41.1. The van der Waals surface area contributed by atoms with Crippen molar-refractivity contribution in [3.05, 3.63) is 84.9 Å². The smallest absolute Gasteiger partial charge is 0.146 e. The van der Waals surface area contributed by atoms with Crippen molar-refractivity contribution in [2.75, 3.05) is 13.2 Å². The SMILES string of the molecule is CCCCCCC(CC)COc1ccc(-n2nc3ccccc3n2)c(O)c1.CCCCCCC(CCC)COc1ccc(-n2nc3ccccc3n2)c(O)c1. The minimum absolute atomic E-state index is 0.115. The maximum Gasteiger partial charge on any atom is 0.146 e. The van der Waals surface area contributed by atoms with Gasteiger partial charge in [0.2, 0.25) is 0 Å². The number of fused-ring (bicyclic) bond motifs is 2. The number of unbranched alkanes of at least 4 members (excludes halogenated alkanes) is 6. The van der Waals surface area contributed by atoms with Crippen molar-refractivity contribution in [1.82, 2.24) is 30.0 Å². The fraction of sp³-hybridized carbons (Fsp3) is 0.467. The number of benzene rings is 4. The van der Waals surface area contributed by atoms with Gasteiger partial charge in [0.05, 0.1) is 13.2 Å². The van der Waals surface area contributed by atoms with E-state index in [1.807, 2.05) is 60.7 Å². The van der Waals surface area contributed by atoms with Crippen LogP contribution in [0, 0.1) is 11.8 Å². The predicted molar refractivity (Wildman–Crippen MR) is 222 cm³/mol. The highest BCUT2D eigenvalue weighted by Crippen LogP contribution is 2.29. The number of ether oxygens (including phenoxy) is 2. The molecule has 10 heteroatoms. The van der Waals surface area contributed by atoms with E-state index in [-0.39, 0.29) is 11.5 Å². The van der Waals surface area contributed by atoms with Crippen LogP contribution < -0.4 is 9.47 Å². The third-order valence-electron chi connectivity index (χ3n) is 10.1. The number of hydrogen-bond acceptors (Lipinski definition) is 8. The van der Waals surface area contributed by atoms with Crippen molar-refractivity contribution >= 4 is 22.1 Å². The molecule has 6 aromatic rings. The lowest BCUT2D eigenvalue weighted by Gasteiger charge is -2.17. The number of nitrogens with zero attached hydrogens (tertiary/aromatic N) is 6. The van der Waals surface area contributed by atoms with E-state index in [2.05, 4.69) is 48.1 Å². The van der Waals surface area contributed by atoms with Gasteiger partial charge in [-0.05, 0) is 79.6 Å². The van der Waals surface area contributed by atoms with Gasteiger partial charge in [0.1, 0.15) is 56.4 Å². The maximum atomic E-state index is 10.5. The summed E-state index contributed by atoms with van der Waals surface area (Å²) in [6.45, 7) is 10.3. The van der Waals surface area contributed by atoms with Gasteiger partial charge in [-0.2, -0.15) is 0 Å². The van der Waals surface area contributed by atoms with Crippen LogP contribution in [-0.2, 0) is 0 Å². The quantitative estimate of drug-likeness (QED) is 0.0698. The molecule has 6 rings (SSSR count). The van der Waals surface area contributed by atoms with E-state index in [4.69, 9.17) is 9.47 Å². The van der Waals surface area contributed by atoms with Crippen molar-refractivity contribution in [3.63, 3.8) is 0 Å². The first-order valence-corrected chi connectivity index (χ1v) is 20.5. The summed E-state index contributed by atoms with van der Waals surface area (Å²) >= 11 is 0. The summed E-state index contributed by atoms with van der Waals surface area (Å²) in [6, 6.07) is 26.0. The largest absolute Gasteiger partial charge is 0.505 e. The summed E-state index contributed by atoms with van der Waals surface area (Å²) in [6.07, 6.45) is 16.2. The molecule has 0 saturated heterocycles. The predicted octanol–water partition coefficient (Wildman–Crippen LogP) is 11.4. The van der Waals surface area contributed by atoms with Crippen LogP contribution in [-0.4, -0.2) is 53.4 Å². The Morgan fingerprint density at radius 1 is 0.491 bits per heavy atom. The van der Waals surface area contributed by atoms with Crippen LogP contribution >= 0.6 is 0 Å². The molecule has 0 bridgehead atoms. The number of hydrogen-bond donors (Lipinski definition) is 2. The second kappa shape index (κ2) is 21.7. The molecule has 10 nitrogen and oxygen atoms in total. The van der Waals surface area contributed by atoms with Crippen molar-refractivity contribution in [3.8, 4) is 34.4 Å². The average molecular weight is 749 g/mol. The van der Waals surface area contributed by atoms with Gasteiger partial charge < -0.3 is 19.7 Å². The fourth-order valence-electron chi connectivity index (χ4n) is 6.73. The average Bonchev–Trinajstić information content (AvgIpc) is 3.83. The molecule has 294 valence electrons. The van der Waals surface area contributed by atoms with E-state index in [1.54, 1.807) is 24.3 Å².